The van der Waals surface area contributed by atoms with Crippen molar-refractivity contribution >= 4 is 77.4 Å². The van der Waals surface area contributed by atoms with Crippen LogP contribution in [0.4, 0.5) is 0 Å². The predicted octanol–water partition coefficient (Wildman–Crippen LogP) is 1.13. The van der Waals surface area contributed by atoms with Gasteiger partial charge in [0.2, 0.25) is 0 Å². The number of hydrogen-bond acceptors (Lipinski definition) is 2. The molecule has 0 saturated heterocycles. The van der Waals surface area contributed by atoms with Crippen LogP contribution in [-0.4, -0.2) is 64.1 Å². The van der Waals surface area contributed by atoms with E-state index >= 15 is 0 Å². The van der Waals surface area contributed by atoms with Crippen molar-refractivity contribution < 1.29 is 10.0 Å². The molecular formula is C30H29BO2Se3. The first-order valence-corrected chi connectivity index (χ1v) is 14.8. The van der Waals surface area contributed by atoms with Crippen LogP contribution < -0.4 is 23.3 Å². The first kappa shape index (κ1) is 29.9. The maximum absolute atomic E-state index is 8.58. The summed E-state index contributed by atoms with van der Waals surface area (Å²) in [5.41, 5.74) is 0.525. The summed E-state index contributed by atoms with van der Waals surface area (Å²) in [4.78, 5) is 0. The summed E-state index contributed by atoms with van der Waals surface area (Å²) in [6.45, 7) is 0. The number of rotatable bonds is 3. The van der Waals surface area contributed by atoms with Crippen molar-refractivity contribution in [3.05, 3.63) is 152 Å². The average molecular weight is 669 g/mol. The third kappa shape index (κ3) is 14.3. The molecule has 0 heterocycles. The second kappa shape index (κ2) is 18.8. The molecular weight excluding hydrogens is 640 g/mol. The molecule has 5 aromatic carbocycles. The van der Waals surface area contributed by atoms with E-state index in [1.807, 2.05) is 42.5 Å². The topological polar surface area (TPSA) is 40.5 Å². The minimum atomic E-state index is -1.34. The van der Waals surface area contributed by atoms with E-state index in [9.17, 15) is 0 Å². The molecule has 182 valence electrons. The zero-order chi connectivity index (χ0) is 25.8. The van der Waals surface area contributed by atoms with Crippen LogP contribution in [0, 0.1) is 0 Å². The van der Waals surface area contributed by atoms with Crippen LogP contribution in [-0.2, 0) is 0 Å². The van der Waals surface area contributed by atoms with Crippen LogP contribution >= 0.6 is 0 Å². The van der Waals surface area contributed by atoms with Crippen molar-refractivity contribution in [1.82, 2.24) is 0 Å². The van der Waals surface area contributed by atoms with Crippen molar-refractivity contribution in [2.24, 2.45) is 0 Å². The number of hydrogen-bond donors (Lipinski definition) is 2. The standard InChI is InChI=1S/C12H10Se.C6H7BO2.2C6H6Se/c1-3-7-11(8-4-1)13-12-9-5-2-6-10-12;8-7(9)6-4-2-1-3-5-6;2*7-6-4-2-1-3-5-6/h1-10H;1-5,8-9H;2*1-5,7H. The van der Waals surface area contributed by atoms with E-state index in [-0.39, 0.29) is 0 Å². The Labute approximate surface area is 237 Å². The molecule has 0 radical (unpaired) electrons. The minimum absolute atomic E-state index is 0.461. The molecule has 6 heteroatoms. The summed E-state index contributed by atoms with van der Waals surface area (Å²) in [5.74, 6) is 0. The molecule has 0 amide bonds. The van der Waals surface area contributed by atoms with Gasteiger partial charge in [0.15, 0.2) is 0 Å². The van der Waals surface area contributed by atoms with Gasteiger partial charge in [-0.15, -0.1) is 0 Å². The van der Waals surface area contributed by atoms with Crippen LogP contribution in [0.1, 0.15) is 0 Å². The van der Waals surface area contributed by atoms with Crippen molar-refractivity contribution in [1.29, 1.82) is 0 Å². The molecule has 5 rings (SSSR count). The van der Waals surface area contributed by atoms with Crippen molar-refractivity contribution in [2.45, 2.75) is 0 Å². The molecule has 0 spiro atoms. The van der Waals surface area contributed by atoms with Gasteiger partial charge < -0.3 is 10.0 Å². The monoisotopic (exact) mass is 672 g/mol. The first-order valence-electron chi connectivity index (χ1n) is 11.2. The van der Waals surface area contributed by atoms with E-state index in [4.69, 9.17) is 10.0 Å². The van der Waals surface area contributed by atoms with E-state index in [1.54, 1.807) is 24.3 Å². The van der Waals surface area contributed by atoms with E-state index in [2.05, 4.69) is 117 Å². The Morgan fingerprint density at radius 2 is 0.694 bits per heavy atom. The Morgan fingerprint density at radius 3 is 0.917 bits per heavy atom. The predicted molar refractivity (Wildman–Crippen MR) is 161 cm³/mol. The van der Waals surface area contributed by atoms with Gasteiger partial charge in [-0.1, -0.05) is 30.3 Å². The quantitative estimate of drug-likeness (QED) is 0.284. The van der Waals surface area contributed by atoms with Gasteiger partial charge in [0, 0.05) is 0 Å². The zero-order valence-electron chi connectivity index (χ0n) is 19.7. The molecule has 36 heavy (non-hydrogen) atoms. The summed E-state index contributed by atoms with van der Waals surface area (Å²) in [6.07, 6.45) is 0. The summed E-state index contributed by atoms with van der Waals surface area (Å²) >= 11 is 5.45. The van der Waals surface area contributed by atoms with Gasteiger partial charge >= 0.3 is 193 Å². The van der Waals surface area contributed by atoms with Gasteiger partial charge in [0.05, 0.1) is 0 Å². The van der Waals surface area contributed by atoms with E-state index in [0.29, 0.717) is 20.4 Å². The first-order chi connectivity index (χ1) is 17.5. The van der Waals surface area contributed by atoms with Crippen LogP contribution in [0.2, 0.25) is 0 Å². The van der Waals surface area contributed by atoms with Gasteiger partial charge in [0.1, 0.15) is 0 Å². The van der Waals surface area contributed by atoms with Crippen LogP contribution in [0.3, 0.4) is 0 Å². The van der Waals surface area contributed by atoms with E-state index in [1.165, 1.54) is 17.8 Å². The molecule has 0 bridgehead atoms. The molecule has 0 fully saturated rings. The molecule has 0 saturated carbocycles. The summed E-state index contributed by atoms with van der Waals surface area (Å²) < 4.78 is 5.38. The Bertz CT molecular complexity index is 1100. The van der Waals surface area contributed by atoms with Gasteiger partial charge in [0.25, 0.3) is 0 Å². The van der Waals surface area contributed by atoms with E-state index < -0.39 is 7.12 Å². The van der Waals surface area contributed by atoms with Gasteiger partial charge in [-0.3, -0.25) is 0 Å². The fourth-order valence-corrected chi connectivity index (χ4v) is 5.12. The molecule has 0 unspecified atom stereocenters. The summed E-state index contributed by atoms with van der Waals surface area (Å²) in [7, 11) is -1.34. The Balaban J connectivity index is 0.000000176. The molecule has 2 nitrogen and oxygen atoms in total. The van der Waals surface area contributed by atoms with Crippen molar-refractivity contribution in [2.75, 3.05) is 0 Å². The fraction of sp³-hybridized carbons (Fsp3) is 0. The summed E-state index contributed by atoms with van der Waals surface area (Å²) in [6, 6.07) is 50.2. The van der Waals surface area contributed by atoms with Gasteiger partial charge in [-0.2, -0.15) is 0 Å². The number of benzene rings is 5. The molecule has 5 aromatic rings. The van der Waals surface area contributed by atoms with Crippen molar-refractivity contribution in [3.63, 3.8) is 0 Å². The third-order valence-corrected chi connectivity index (χ3v) is 7.71. The molecule has 0 aliphatic heterocycles. The Morgan fingerprint density at radius 1 is 0.417 bits per heavy atom. The normalized spacial score (nSPS) is 9.22. The van der Waals surface area contributed by atoms with Crippen LogP contribution in [0.5, 0.6) is 0 Å². The van der Waals surface area contributed by atoms with E-state index in [0.717, 1.165) is 0 Å². The van der Waals surface area contributed by atoms with Gasteiger partial charge in [-0.05, 0) is 5.46 Å². The average Bonchev–Trinajstić information content (AvgIpc) is 2.92. The van der Waals surface area contributed by atoms with Gasteiger partial charge in [-0.25, -0.2) is 0 Å². The molecule has 0 atom stereocenters. The molecule has 0 aliphatic rings. The molecule has 0 aliphatic carbocycles. The van der Waals surface area contributed by atoms with Crippen LogP contribution in [0.25, 0.3) is 0 Å². The third-order valence-electron chi connectivity index (χ3n) is 4.33. The van der Waals surface area contributed by atoms with Crippen molar-refractivity contribution in [3.8, 4) is 0 Å². The Kier molecular flexibility index (Phi) is 15.6. The Hall–Kier alpha value is -2.36. The zero-order valence-corrected chi connectivity index (χ0v) is 25.2. The molecule has 2 N–H and O–H groups in total. The molecule has 0 aromatic heterocycles. The fourth-order valence-electron chi connectivity index (χ4n) is 2.59. The second-order valence-corrected chi connectivity index (χ2v) is 11.8. The second-order valence-electron chi connectivity index (χ2n) is 7.18. The maximum atomic E-state index is 8.58. The van der Waals surface area contributed by atoms with Crippen LogP contribution in [0.15, 0.2) is 152 Å². The summed E-state index contributed by atoms with van der Waals surface area (Å²) in [5, 5.41) is 17.2. The SMILES string of the molecule is OB(O)c1ccccc1.[SeH]c1ccccc1.[SeH]c1ccccc1.c1ccc([Se]c2ccccc2)cc1.